The maximum Gasteiger partial charge on any atom is 0.274 e. The Morgan fingerprint density at radius 1 is 1.02 bits per heavy atom. The average molecular weight is 954 g/mol. The number of para-hydroxylation sites is 1. The van der Waals surface area contributed by atoms with Crippen LogP contribution in [0.2, 0.25) is 0 Å². The fourth-order valence-electron chi connectivity index (χ4n) is 5.67. The molecular formula is C31H40N8O19P3S-5. The molecule has 1 aliphatic heterocycles. The number of nitrogens with zero attached hydrogens (tertiary/aromatic N) is 4. The van der Waals surface area contributed by atoms with E-state index in [9.17, 15) is 67.8 Å². The fourth-order valence-corrected chi connectivity index (χ4v) is 9.23. The van der Waals surface area contributed by atoms with Crippen LogP contribution in [0, 0.1) is 5.41 Å². The molecule has 3 aromatic rings. The molecule has 0 aliphatic carbocycles. The summed E-state index contributed by atoms with van der Waals surface area (Å²) in [5.74, 6) is -4.23. The highest BCUT2D eigenvalue weighted by Crippen LogP contribution is 2.56. The third kappa shape index (κ3) is 14.3. The van der Waals surface area contributed by atoms with Crippen LogP contribution in [0.3, 0.4) is 0 Å². The Hall–Kier alpha value is -3.95. The first-order valence-electron chi connectivity index (χ1n) is 17.8. The van der Waals surface area contributed by atoms with Crippen molar-refractivity contribution in [2.75, 3.05) is 43.5 Å². The number of amides is 2. The lowest BCUT2D eigenvalue weighted by Crippen LogP contribution is -2.46. The number of fused-ring (bicyclic) bond motifs is 1. The summed E-state index contributed by atoms with van der Waals surface area (Å²) in [5.41, 5.74) is 10.4. The molecule has 0 saturated carbocycles. The number of thioether (sulfide) groups is 1. The Balaban J connectivity index is 1.22. The summed E-state index contributed by atoms with van der Waals surface area (Å²) in [6.45, 7) is -0.358. The minimum Gasteiger partial charge on any atom is -0.790 e. The molecule has 8 N–H and O–H groups in total. The van der Waals surface area contributed by atoms with E-state index in [4.69, 9.17) is 16.2 Å². The lowest BCUT2D eigenvalue weighted by Gasteiger charge is -2.36. The van der Waals surface area contributed by atoms with E-state index in [1.165, 1.54) is 12.1 Å². The lowest BCUT2D eigenvalue weighted by atomic mass is 9.87. The van der Waals surface area contributed by atoms with E-state index in [-0.39, 0.29) is 47.9 Å². The second-order valence-corrected chi connectivity index (χ2v) is 19.1. The molecule has 344 valence electrons. The van der Waals surface area contributed by atoms with Crippen molar-refractivity contribution in [3.8, 4) is 0 Å². The molecule has 62 heavy (non-hydrogen) atoms. The molecule has 0 radical (unpaired) electrons. The van der Waals surface area contributed by atoms with Gasteiger partial charge in [-0.05, 0) is 11.6 Å². The van der Waals surface area contributed by atoms with Gasteiger partial charge in [0.25, 0.3) is 15.6 Å². The van der Waals surface area contributed by atoms with Gasteiger partial charge in [-0.2, -0.15) is 0 Å². The molecule has 0 bridgehead atoms. The van der Waals surface area contributed by atoms with Crippen LogP contribution in [0.25, 0.3) is 11.2 Å². The van der Waals surface area contributed by atoms with E-state index in [2.05, 4.69) is 43.5 Å². The van der Waals surface area contributed by atoms with Gasteiger partial charge in [0, 0.05) is 48.8 Å². The van der Waals surface area contributed by atoms with Crippen LogP contribution in [-0.4, -0.2) is 109 Å². The third-order valence-corrected chi connectivity index (χ3v) is 12.7. The van der Waals surface area contributed by atoms with Crippen LogP contribution in [0.15, 0.2) is 36.9 Å². The molecule has 4 rings (SSSR count). The van der Waals surface area contributed by atoms with Gasteiger partial charge in [0.1, 0.15) is 36.3 Å². The van der Waals surface area contributed by atoms with Crippen molar-refractivity contribution >= 4 is 80.8 Å². The Kier molecular flexibility index (Phi) is 17.3. The van der Waals surface area contributed by atoms with E-state index in [1.54, 1.807) is 12.1 Å². The molecule has 27 nitrogen and oxygen atoms in total. The van der Waals surface area contributed by atoms with Gasteiger partial charge in [-0.25, -0.2) is 19.3 Å². The number of hydrogen-bond acceptors (Lipinski definition) is 25. The van der Waals surface area contributed by atoms with E-state index in [0.29, 0.717) is 5.56 Å². The summed E-state index contributed by atoms with van der Waals surface area (Å²) < 4.78 is 60.6. The highest BCUT2D eigenvalue weighted by Gasteiger charge is 2.47. The fraction of sp³-hybridized carbons (Fsp3) is 0.516. The maximum absolute atomic E-state index is 12.7. The average Bonchev–Trinajstić information content (AvgIpc) is 3.73. The van der Waals surface area contributed by atoms with Crippen LogP contribution < -0.4 is 46.8 Å². The number of nitrogens with two attached hydrogens (primary N) is 2. The van der Waals surface area contributed by atoms with Gasteiger partial charge in [-0.15, -0.1) is 0 Å². The normalized spacial score (nSPS) is 21.1. The molecule has 3 heterocycles. The zero-order valence-electron chi connectivity index (χ0n) is 32.4. The molecule has 1 aromatic carbocycles. The Morgan fingerprint density at radius 3 is 2.35 bits per heavy atom. The molecule has 0 spiro atoms. The SMILES string of the molecule is CC(C)(COP(=O)([O-])OP(=O)([O-])OC[C@H]1O[C@@H](n2cnc3c(N)ncnc32)[C@H](O)[C@@H]1OP(=O)([O-])[O-])[C@@H](O)C(=O)NCCC(=O)NCCSC(=O)C(CC(=O)[O-])c1ccccc1N. The number of anilines is 2. The molecule has 31 heteroatoms. The molecule has 2 amide bonds. The molecule has 2 aromatic heterocycles. The number of nitrogen functional groups attached to an aromatic ring is 2. The summed E-state index contributed by atoms with van der Waals surface area (Å²) >= 11 is 0.765. The van der Waals surface area contributed by atoms with E-state index >= 15 is 0 Å². The molecular weight excluding hydrogens is 913 g/mol. The Labute approximate surface area is 355 Å². The van der Waals surface area contributed by atoms with Gasteiger partial charge in [0.15, 0.2) is 22.8 Å². The van der Waals surface area contributed by atoms with E-state index in [1.807, 2.05) is 0 Å². The number of aliphatic carboxylic acids is 1. The minimum atomic E-state index is -5.95. The zero-order valence-corrected chi connectivity index (χ0v) is 35.9. The van der Waals surface area contributed by atoms with Gasteiger partial charge in [0.05, 0.1) is 33.3 Å². The molecule has 1 fully saturated rings. The van der Waals surface area contributed by atoms with Gasteiger partial charge >= 0.3 is 0 Å². The number of aromatic nitrogens is 4. The first-order valence-corrected chi connectivity index (χ1v) is 23.2. The van der Waals surface area contributed by atoms with E-state index in [0.717, 1.165) is 42.8 Å². The number of carbonyl (C=O) groups is 4. The number of carboxylic acid groups (broad SMARTS) is 1. The van der Waals surface area contributed by atoms with Gasteiger partial charge in [0.2, 0.25) is 11.8 Å². The highest BCUT2D eigenvalue weighted by molar-refractivity contribution is 8.13. The molecule has 3 unspecified atom stereocenters. The predicted molar refractivity (Wildman–Crippen MR) is 201 cm³/mol. The predicted octanol–water partition coefficient (Wildman–Crippen LogP) is -4.36. The van der Waals surface area contributed by atoms with Crippen molar-refractivity contribution in [1.29, 1.82) is 0 Å². The number of aliphatic hydroxyl groups is 2. The summed E-state index contributed by atoms with van der Waals surface area (Å²) in [7, 11) is -17.7. The smallest absolute Gasteiger partial charge is 0.274 e. The van der Waals surface area contributed by atoms with Crippen molar-refractivity contribution < 1.29 is 90.4 Å². The number of benzene rings is 1. The molecule has 1 aliphatic rings. The number of ether oxygens (including phenoxy) is 1. The van der Waals surface area contributed by atoms with Crippen molar-refractivity contribution in [2.24, 2.45) is 5.41 Å². The van der Waals surface area contributed by atoms with Gasteiger partial charge < -0.3 is 84.7 Å². The van der Waals surface area contributed by atoms with E-state index < -0.39 is 108 Å². The number of phosphoric acid groups is 3. The minimum absolute atomic E-state index is 0.0214. The van der Waals surface area contributed by atoms with Crippen molar-refractivity contribution in [3.63, 3.8) is 0 Å². The number of hydrogen-bond donors (Lipinski definition) is 6. The number of carboxylic acids is 1. The van der Waals surface area contributed by atoms with Crippen LogP contribution in [0.1, 0.15) is 44.4 Å². The van der Waals surface area contributed by atoms with Crippen LogP contribution in [-0.2, 0) is 55.5 Å². The Bertz CT molecular complexity index is 2250. The van der Waals surface area contributed by atoms with Crippen LogP contribution >= 0.6 is 35.2 Å². The van der Waals surface area contributed by atoms with Crippen LogP contribution in [0.5, 0.6) is 0 Å². The number of carbonyl (C=O) groups excluding carboxylic acids is 4. The quantitative estimate of drug-likeness (QED) is 0.0297. The largest absolute Gasteiger partial charge is 0.790 e. The number of rotatable bonds is 23. The highest BCUT2D eigenvalue weighted by atomic mass is 32.2. The summed E-state index contributed by atoms with van der Waals surface area (Å²) in [4.78, 5) is 108. The standard InChI is InChI=1S/C31H45N8O19P3S/c1-31(2,25(44)28(45)35-8-7-20(40)34-9-10-62-30(46)17(11-21(41)42)16-5-3-4-6-18(16)32)13-55-61(52,53)58-60(50,51)54-12-19-24(57-59(47,48)49)23(43)29(56-19)39-15-38-22-26(33)36-14-37-27(22)39/h3-6,14-15,17,19,23-25,29,43-44H,7-13,32H2,1-2H3,(H,34,40)(H,35,45)(H,41,42)(H,50,51)(H,52,53)(H2,33,36,37)(H2,47,48,49)/p-5/t17?,19-,23-,24-,25+,29-/m1/s1. The summed E-state index contributed by atoms with van der Waals surface area (Å²) in [6, 6.07) is 6.25. The maximum atomic E-state index is 12.7. The van der Waals surface area contributed by atoms with Crippen molar-refractivity contribution in [1.82, 2.24) is 30.2 Å². The monoisotopic (exact) mass is 953 g/mol. The molecule has 8 atom stereocenters. The number of aliphatic hydroxyl groups excluding tert-OH is 2. The van der Waals surface area contributed by atoms with Gasteiger partial charge in [-0.3, -0.25) is 28.1 Å². The third-order valence-electron chi connectivity index (χ3n) is 8.75. The van der Waals surface area contributed by atoms with Crippen molar-refractivity contribution in [3.05, 3.63) is 42.5 Å². The van der Waals surface area contributed by atoms with Gasteiger partial charge in [-0.1, -0.05) is 43.8 Å². The van der Waals surface area contributed by atoms with Crippen molar-refractivity contribution in [2.45, 2.75) is 63.3 Å². The lowest BCUT2D eigenvalue weighted by molar-refractivity contribution is -0.347. The second kappa shape index (κ2) is 21.2. The topological polar surface area (TPSA) is 441 Å². The first-order chi connectivity index (χ1) is 28.8. The number of nitrogens with one attached hydrogen (secondary N) is 2. The summed E-state index contributed by atoms with van der Waals surface area (Å²) in [6.07, 6.45) is -8.48. The second-order valence-electron chi connectivity index (χ2n) is 13.9. The summed E-state index contributed by atoms with van der Waals surface area (Å²) in [5, 5.41) is 36.9. The number of phosphoric ester groups is 3. The first kappa shape index (κ1) is 50.7. The van der Waals surface area contributed by atoms with Crippen LogP contribution in [0.4, 0.5) is 11.5 Å². The molecule has 1 saturated heterocycles. The number of imidazole rings is 1. The zero-order chi connectivity index (χ0) is 46.2. The Morgan fingerprint density at radius 2 is 1.69 bits per heavy atom.